The lowest BCUT2D eigenvalue weighted by Crippen LogP contribution is -2.33. The van der Waals surface area contributed by atoms with E-state index >= 15 is 0 Å². The van der Waals surface area contributed by atoms with Crippen molar-refractivity contribution >= 4 is 0 Å². The standard InChI is InChI=1S/C13H16N2O/c14-9-10-4-6-12(7-5-10)16-13-3-1-2-11(15)8-13/h4-7,11,13H,1-3,8,15H2. The predicted octanol–water partition coefficient (Wildman–Crippen LogP) is 2.21. The van der Waals surface area contributed by atoms with Crippen LogP contribution in [0.2, 0.25) is 0 Å². The topological polar surface area (TPSA) is 59.0 Å². The third kappa shape index (κ3) is 2.74. The zero-order valence-corrected chi connectivity index (χ0v) is 9.23. The van der Waals surface area contributed by atoms with Crippen LogP contribution in [0.1, 0.15) is 31.2 Å². The zero-order chi connectivity index (χ0) is 11.4. The van der Waals surface area contributed by atoms with Crippen LogP contribution in [-0.2, 0) is 0 Å². The van der Waals surface area contributed by atoms with Crippen LogP contribution < -0.4 is 10.5 Å². The molecule has 0 bridgehead atoms. The maximum absolute atomic E-state index is 8.68. The van der Waals surface area contributed by atoms with Crippen LogP contribution in [-0.4, -0.2) is 12.1 Å². The van der Waals surface area contributed by atoms with Gasteiger partial charge in [0.1, 0.15) is 11.9 Å². The highest BCUT2D eigenvalue weighted by molar-refractivity contribution is 5.34. The van der Waals surface area contributed by atoms with Crippen LogP contribution in [0.15, 0.2) is 24.3 Å². The molecule has 3 nitrogen and oxygen atoms in total. The van der Waals surface area contributed by atoms with Crippen LogP contribution in [0.5, 0.6) is 5.75 Å². The summed E-state index contributed by atoms with van der Waals surface area (Å²) in [5, 5.41) is 8.68. The van der Waals surface area contributed by atoms with Crippen LogP contribution in [0.25, 0.3) is 0 Å². The molecule has 1 aliphatic rings. The second-order valence-corrected chi connectivity index (χ2v) is 4.30. The van der Waals surface area contributed by atoms with Gasteiger partial charge in [-0.15, -0.1) is 0 Å². The van der Waals surface area contributed by atoms with E-state index in [1.54, 1.807) is 12.1 Å². The lowest BCUT2D eigenvalue weighted by Gasteiger charge is -2.27. The second-order valence-electron chi connectivity index (χ2n) is 4.30. The fourth-order valence-corrected chi connectivity index (χ4v) is 2.09. The van der Waals surface area contributed by atoms with Gasteiger partial charge in [-0.1, -0.05) is 0 Å². The van der Waals surface area contributed by atoms with E-state index in [1.165, 1.54) is 0 Å². The first-order valence-electron chi connectivity index (χ1n) is 5.70. The first kappa shape index (κ1) is 11.0. The van der Waals surface area contributed by atoms with Gasteiger partial charge in [0, 0.05) is 6.04 Å². The molecular weight excluding hydrogens is 200 g/mol. The van der Waals surface area contributed by atoms with Crippen LogP contribution >= 0.6 is 0 Å². The third-order valence-corrected chi connectivity index (χ3v) is 2.95. The van der Waals surface area contributed by atoms with Crippen molar-refractivity contribution in [2.24, 2.45) is 5.73 Å². The van der Waals surface area contributed by atoms with Crippen molar-refractivity contribution in [3.05, 3.63) is 29.8 Å². The Bertz CT molecular complexity index is 380. The van der Waals surface area contributed by atoms with E-state index in [-0.39, 0.29) is 12.1 Å². The summed E-state index contributed by atoms with van der Waals surface area (Å²) in [5.41, 5.74) is 6.56. The Hall–Kier alpha value is -1.53. The van der Waals surface area contributed by atoms with Crippen molar-refractivity contribution in [1.82, 2.24) is 0 Å². The minimum Gasteiger partial charge on any atom is -0.490 e. The minimum atomic E-state index is 0.233. The molecule has 0 aliphatic heterocycles. The largest absolute Gasteiger partial charge is 0.490 e. The van der Waals surface area contributed by atoms with Gasteiger partial charge in [-0.05, 0) is 49.9 Å². The quantitative estimate of drug-likeness (QED) is 0.824. The molecule has 1 saturated carbocycles. The van der Waals surface area contributed by atoms with E-state index in [0.717, 1.165) is 31.4 Å². The number of nitriles is 1. The molecule has 1 aliphatic carbocycles. The van der Waals surface area contributed by atoms with Gasteiger partial charge in [0.05, 0.1) is 11.6 Å². The number of hydrogen-bond acceptors (Lipinski definition) is 3. The van der Waals surface area contributed by atoms with Crippen LogP contribution in [0.3, 0.4) is 0 Å². The molecule has 2 rings (SSSR count). The molecule has 0 saturated heterocycles. The first-order valence-corrected chi connectivity index (χ1v) is 5.70. The highest BCUT2D eigenvalue weighted by atomic mass is 16.5. The Morgan fingerprint density at radius 3 is 2.62 bits per heavy atom. The van der Waals surface area contributed by atoms with E-state index in [9.17, 15) is 0 Å². The van der Waals surface area contributed by atoms with Crippen LogP contribution in [0, 0.1) is 11.3 Å². The van der Waals surface area contributed by atoms with Crippen LogP contribution in [0.4, 0.5) is 0 Å². The molecule has 1 aromatic carbocycles. The molecule has 0 aromatic heterocycles. The SMILES string of the molecule is N#Cc1ccc(OC2CCCC(N)C2)cc1. The zero-order valence-electron chi connectivity index (χ0n) is 9.23. The molecule has 0 radical (unpaired) electrons. The average molecular weight is 216 g/mol. The molecule has 0 spiro atoms. The summed E-state index contributed by atoms with van der Waals surface area (Å²) < 4.78 is 5.84. The molecule has 2 N–H and O–H groups in total. The predicted molar refractivity (Wildman–Crippen MR) is 62.0 cm³/mol. The average Bonchev–Trinajstić information content (AvgIpc) is 2.30. The Kier molecular flexibility index (Phi) is 3.43. The third-order valence-electron chi connectivity index (χ3n) is 2.95. The number of benzene rings is 1. The van der Waals surface area contributed by atoms with Crippen molar-refractivity contribution in [2.45, 2.75) is 37.8 Å². The molecule has 1 fully saturated rings. The van der Waals surface area contributed by atoms with E-state index in [0.29, 0.717) is 5.56 Å². The fourth-order valence-electron chi connectivity index (χ4n) is 2.09. The minimum absolute atomic E-state index is 0.233. The summed E-state index contributed by atoms with van der Waals surface area (Å²) >= 11 is 0. The van der Waals surface area contributed by atoms with Gasteiger partial charge < -0.3 is 10.5 Å². The van der Waals surface area contributed by atoms with Gasteiger partial charge in [0.2, 0.25) is 0 Å². The molecular formula is C13H16N2O. The van der Waals surface area contributed by atoms with Crippen molar-refractivity contribution in [1.29, 1.82) is 5.26 Å². The fraction of sp³-hybridized carbons (Fsp3) is 0.462. The maximum Gasteiger partial charge on any atom is 0.119 e. The number of nitrogens with two attached hydrogens (primary N) is 1. The summed E-state index contributed by atoms with van der Waals surface area (Å²) in [7, 11) is 0. The monoisotopic (exact) mass is 216 g/mol. The Balaban J connectivity index is 1.95. The van der Waals surface area contributed by atoms with Crippen molar-refractivity contribution < 1.29 is 4.74 Å². The summed E-state index contributed by atoms with van der Waals surface area (Å²) in [5.74, 6) is 0.832. The molecule has 84 valence electrons. The van der Waals surface area contributed by atoms with Gasteiger partial charge in [0.15, 0.2) is 0 Å². The molecule has 3 heteroatoms. The smallest absolute Gasteiger partial charge is 0.119 e. The summed E-state index contributed by atoms with van der Waals surface area (Å²) in [6.45, 7) is 0. The van der Waals surface area contributed by atoms with Crippen molar-refractivity contribution in [3.8, 4) is 11.8 Å². The molecule has 0 heterocycles. The first-order chi connectivity index (χ1) is 7.78. The highest BCUT2D eigenvalue weighted by Gasteiger charge is 2.20. The Morgan fingerprint density at radius 1 is 1.25 bits per heavy atom. The molecule has 2 unspecified atom stereocenters. The van der Waals surface area contributed by atoms with E-state index in [2.05, 4.69) is 6.07 Å². The van der Waals surface area contributed by atoms with E-state index < -0.39 is 0 Å². The Labute approximate surface area is 95.8 Å². The lowest BCUT2D eigenvalue weighted by molar-refractivity contribution is 0.144. The molecule has 2 atom stereocenters. The molecule has 16 heavy (non-hydrogen) atoms. The van der Waals surface area contributed by atoms with Crippen molar-refractivity contribution in [3.63, 3.8) is 0 Å². The number of ether oxygens (including phenoxy) is 1. The number of nitrogens with zero attached hydrogens (tertiary/aromatic N) is 1. The van der Waals surface area contributed by atoms with Gasteiger partial charge in [-0.2, -0.15) is 5.26 Å². The highest BCUT2D eigenvalue weighted by Crippen LogP contribution is 2.23. The van der Waals surface area contributed by atoms with Gasteiger partial charge in [-0.25, -0.2) is 0 Å². The molecule has 1 aromatic rings. The number of hydrogen-bond donors (Lipinski definition) is 1. The molecule has 0 amide bonds. The number of rotatable bonds is 2. The lowest BCUT2D eigenvalue weighted by atomic mass is 9.93. The van der Waals surface area contributed by atoms with Gasteiger partial charge in [0.25, 0.3) is 0 Å². The normalized spacial score (nSPS) is 24.8. The maximum atomic E-state index is 8.68. The van der Waals surface area contributed by atoms with Crippen molar-refractivity contribution in [2.75, 3.05) is 0 Å². The van der Waals surface area contributed by atoms with E-state index in [4.69, 9.17) is 15.7 Å². The summed E-state index contributed by atoms with van der Waals surface area (Å²) in [6.07, 6.45) is 4.49. The summed E-state index contributed by atoms with van der Waals surface area (Å²) in [4.78, 5) is 0. The van der Waals surface area contributed by atoms with Gasteiger partial charge >= 0.3 is 0 Å². The summed E-state index contributed by atoms with van der Waals surface area (Å²) in [6, 6.07) is 9.61. The van der Waals surface area contributed by atoms with Gasteiger partial charge in [-0.3, -0.25) is 0 Å². The Morgan fingerprint density at radius 2 is 2.00 bits per heavy atom. The van der Waals surface area contributed by atoms with E-state index in [1.807, 2.05) is 12.1 Å². The second kappa shape index (κ2) is 5.00.